The lowest BCUT2D eigenvalue weighted by molar-refractivity contribution is -0.140. The number of likely N-dealkylation sites (tertiary alicyclic amines) is 1. The van der Waals surface area contributed by atoms with Crippen LogP contribution in [-0.2, 0) is 10.2 Å². The highest BCUT2D eigenvalue weighted by atomic mass is 35.5. The van der Waals surface area contributed by atoms with Crippen LogP contribution in [-0.4, -0.2) is 37.5 Å². The zero-order chi connectivity index (χ0) is 17.0. The minimum atomic E-state index is -0.512. The number of rotatable bonds is 4. The Kier molecular flexibility index (Phi) is 7.26. The molecule has 1 heterocycles. The van der Waals surface area contributed by atoms with Crippen LogP contribution < -0.4 is 5.32 Å². The zero-order valence-electron chi connectivity index (χ0n) is 15.1. The van der Waals surface area contributed by atoms with Gasteiger partial charge in [0.05, 0.1) is 5.41 Å². The molecule has 1 aliphatic heterocycles. The average Bonchev–Trinajstić information content (AvgIpc) is 2.62. The van der Waals surface area contributed by atoms with Crippen molar-refractivity contribution in [2.75, 3.05) is 26.7 Å². The second-order valence-corrected chi connectivity index (χ2v) is 7.47. The van der Waals surface area contributed by atoms with Crippen molar-refractivity contribution in [1.82, 2.24) is 10.2 Å². The lowest BCUT2D eigenvalue weighted by Gasteiger charge is -2.43. The molecule has 1 saturated carbocycles. The minimum Gasteiger partial charge on any atom is -0.342 e. The highest BCUT2D eigenvalue weighted by molar-refractivity contribution is 5.88. The molecule has 0 aromatic heterocycles. The van der Waals surface area contributed by atoms with Crippen molar-refractivity contribution in [2.24, 2.45) is 5.92 Å². The number of piperidine rings is 1. The normalized spacial score (nSPS) is 23.0. The Morgan fingerprint density at radius 2 is 2.04 bits per heavy atom. The zero-order valence-corrected chi connectivity index (χ0v) is 15.9. The molecule has 1 saturated heterocycles. The van der Waals surface area contributed by atoms with Crippen molar-refractivity contribution in [2.45, 2.75) is 50.4 Å². The molecular formula is C20H30ClFN2O. The molecule has 1 unspecified atom stereocenters. The van der Waals surface area contributed by atoms with Gasteiger partial charge in [-0.25, -0.2) is 4.39 Å². The Hall–Kier alpha value is -1.13. The third-order valence-electron chi connectivity index (χ3n) is 5.79. The molecule has 2 fully saturated rings. The second kappa shape index (κ2) is 9.00. The molecule has 5 heteroatoms. The van der Waals surface area contributed by atoms with Crippen molar-refractivity contribution in [3.05, 3.63) is 35.6 Å². The van der Waals surface area contributed by atoms with E-state index in [1.54, 1.807) is 12.1 Å². The number of carbonyl (C=O) groups excluding carboxylic acids is 1. The van der Waals surface area contributed by atoms with E-state index in [-0.39, 0.29) is 24.1 Å². The van der Waals surface area contributed by atoms with Crippen LogP contribution in [0.1, 0.15) is 50.5 Å². The summed E-state index contributed by atoms with van der Waals surface area (Å²) in [4.78, 5) is 15.6. The lowest BCUT2D eigenvalue weighted by atomic mass is 9.68. The fourth-order valence-corrected chi connectivity index (χ4v) is 4.57. The number of benzene rings is 1. The van der Waals surface area contributed by atoms with Gasteiger partial charge in [0.1, 0.15) is 5.82 Å². The van der Waals surface area contributed by atoms with Gasteiger partial charge in [-0.2, -0.15) is 0 Å². The van der Waals surface area contributed by atoms with E-state index in [0.717, 1.165) is 57.3 Å². The lowest BCUT2D eigenvalue weighted by Crippen LogP contribution is -2.52. The molecule has 1 aliphatic carbocycles. The predicted molar refractivity (Wildman–Crippen MR) is 102 cm³/mol. The summed E-state index contributed by atoms with van der Waals surface area (Å²) < 4.78 is 13.8. The molecule has 3 rings (SSSR count). The number of amides is 1. The molecule has 3 nitrogen and oxygen atoms in total. The largest absolute Gasteiger partial charge is 0.342 e. The summed E-state index contributed by atoms with van der Waals surface area (Å²) in [6.07, 6.45) is 7.22. The van der Waals surface area contributed by atoms with Crippen molar-refractivity contribution >= 4 is 18.3 Å². The Balaban J connectivity index is 0.00000225. The molecule has 0 radical (unpaired) electrons. The number of carbonyl (C=O) groups is 1. The van der Waals surface area contributed by atoms with Gasteiger partial charge in [0, 0.05) is 13.1 Å². The molecular weight excluding hydrogens is 339 g/mol. The number of halogens is 2. The van der Waals surface area contributed by atoms with Gasteiger partial charge in [-0.15, -0.1) is 12.4 Å². The SMILES string of the molecule is CNCC1CCCN(C(=O)C2(c3cccc(F)c3)CCCCC2)C1.Cl. The molecule has 1 aromatic rings. The molecule has 1 atom stereocenters. The number of nitrogens with zero attached hydrogens (tertiary/aromatic N) is 1. The summed E-state index contributed by atoms with van der Waals surface area (Å²) in [6, 6.07) is 6.74. The topological polar surface area (TPSA) is 32.3 Å². The average molecular weight is 369 g/mol. The Labute approximate surface area is 156 Å². The first kappa shape index (κ1) is 20.2. The molecule has 0 spiro atoms. The molecule has 1 aromatic carbocycles. The van der Waals surface area contributed by atoms with Gasteiger partial charge in [0.15, 0.2) is 0 Å². The van der Waals surface area contributed by atoms with Crippen LogP contribution in [0.4, 0.5) is 4.39 Å². The monoisotopic (exact) mass is 368 g/mol. The first-order chi connectivity index (χ1) is 11.7. The summed E-state index contributed by atoms with van der Waals surface area (Å²) in [5.41, 5.74) is 0.366. The van der Waals surface area contributed by atoms with Gasteiger partial charge >= 0.3 is 0 Å². The van der Waals surface area contributed by atoms with Crippen LogP contribution in [0.15, 0.2) is 24.3 Å². The van der Waals surface area contributed by atoms with Crippen LogP contribution >= 0.6 is 12.4 Å². The highest BCUT2D eigenvalue weighted by Gasteiger charge is 2.44. The Morgan fingerprint density at radius 3 is 2.72 bits per heavy atom. The third kappa shape index (κ3) is 4.35. The van der Waals surface area contributed by atoms with Gasteiger partial charge in [0.2, 0.25) is 5.91 Å². The maximum atomic E-state index is 13.8. The van der Waals surface area contributed by atoms with E-state index in [2.05, 4.69) is 10.2 Å². The van der Waals surface area contributed by atoms with Crippen LogP contribution in [0.3, 0.4) is 0 Å². The van der Waals surface area contributed by atoms with Gasteiger partial charge in [0.25, 0.3) is 0 Å². The number of hydrogen-bond acceptors (Lipinski definition) is 2. The van der Waals surface area contributed by atoms with Crippen LogP contribution in [0.5, 0.6) is 0 Å². The summed E-state index contributed by atoms with van der Waals surface area (Å²) in [5.74, 6) is 0.520. The van der Waals surface area contributed by atoms with Crippen LogP contribution in [0.25, 0.3) is 0 Å². The summed E-state index contributed by atoms with van der Waals surface area (Å²) in [7, 11) is 1.97. The molecule has 1 amide bonds. The van der Waals surface area contributed by atoms with Crippen LogP contribution in [0.2, 0.25) is 0 Å². The van der Waals surface area contributed by atoms with E-state index in [1.165, 1.54) is 18.9 Å². The van der Waals surface area contributed by atoms with E-state index in [4.69, 9.17) is 0 Å². The first-order valence-electron chi connectivity index (χ1n) is 9.36. The predicted octanol–water partition coefficient (Wildman–Crippen LogP) is 3.91. The van der Waals surface area contributed by atoms with E-state index in [0.29, 0.717) is 5.92 Å². The maximum absolute atomic E-state index is 13.8. The smallest absolute Gasteiger partial charge is 0.233 e. The van der Waals surface area contributed by atoms with Crippen molar-refractivity contribution in [3.8, 4) is 0 Å². The molecule has 0 bridgehead atoms. The Morgan fingerprint density at radius 1 is 1.28 bits per heavy atom. The quantitative estimate of drug-likeness (QED) is 0.873. The first-order valence-corrected chi connectivity index (χ1v) is 9.36. The van der Waals surface area contributed by atoms with E-state index >= 15 is 0 Å². The number of nitrogens with one attached hydrogen (secondary N) is 1. The summed E-state index contributed by atoms with van der Waals surface area (Å²) >= 11 is 0. The summed E-state index contributed by atoms with van der Waals surface area (Å²) in [5, 5.41) is 3.24. The van der Waals surface area contributed by atoms with Crippen molar-refractivity contribution in [1.29, 1.82) is 0 Å². The van der Waals surface area contributed by atoms with Gasteiger partial charge < -0.3 is 10.2 Å². The molecule has 1 N–H and O–H groups in total. The van der Waals surface area contributed by atoms with Gasteiger partial charge in [-0.1, -0.05) is 31.4 Å². The molecule has 25 heavy (non-hydrogen) atoms. The van der Waals surface area contributed by atoms with Crippen molar-refractivity contribution < 1.29 is 9.18 Å². The van der Waals surface area contributed by atoms with E-state index < -0.39 is 5.41 Å². The molecule has 140 valence electrons. The fraction of sp³-hybridized carbons (Fsp3) is 0.650. The van der Waals surface area contributed by atoms with Crippen molar-refractivity contribution in [3.63, 3.8) is 0 Å². The van der Waals surface area contributed by atoms with Gasteiger partial charge in [-0.3, -0.25) is 4.79 Å². The van der Waals surface area contributed by atoms with E-state index in [1.807, 2.05) is 13.1 Å². The summed E-state index contributed by atoms with van der Waals surface area (Å²) in [6.45, 7) is 2.63. The Bertz CT molecular complexity index is 573. The third-order valence-corrected chi connectivity index (χ3v) is 5.79. The fourth-order valence-electron chi connectivity index (χ4n) is 4.57. The minimum absolute atomic E-state index is 0. The van der Waals surface area contributed by atoms with E-state index in [9.17, 15) is 9.18 Å². The second-order valence-electron chi connectivity index (χ2n) is 7.47. The number of hydrogen-bond donors (Lipinski definition) is 1. The van der Waals surface area contributed by atoms with Crippen LogP contribution in [0, 0.1) is 11.7 Å². The molecule has 2 aliphatic rings. The standard InChI is InChI=1S/C20H29FN2O.ClH/c1-22-14-16-7-6-12-23(15-16)19(24)20(10-3-2-4-11-20)17-8-5-9-18(21)13-17;/h5,8-9,13,16,22H,2-4,6-7,10-12,14-15H2,1H3;1H. The van der Waals surface area contributed by atoms with Gasteiger partial charge in [-0.05, 0) is 62.9 Å². The maximum Gasteiger partial charge on any atom is 0.233 e. The highest BCUT2D eigenvalue weighted by Crippen LogP contribution is 2.42.